The SMILES string of the molecule is Cc1nnc(SCCNC(=O)c2cnc(-c3cccnc3)[nH]c2=O)s1. The second-order valence-corrected chi connectivity index (χ2v) is 7.43. The van der Waals surface area contributed by atoms with Crippen molar-refractivity contribution in [3.8, 4) is 11.4 Å². The van der Waals surface area contributed by atoms with Crippen molar-refractivity contribution >= 4 is 29.0 Å². The Labute approximate surface area is 151 Å². The third kappa shape index (κ3) is 4.48. The maximum absolute atomic E-state index is 12.1. The summed E-state index contributed by atoms with van der Waals surface area (Å²) in [6, 6.07) is 3.52. The van der Waals surface area contributed by atoms with Gasteiger partial charge in [-0.1, -0.05) is 23.1 Å². The standard InChI is InChI=1S/C15H14N6O2S2/c1-9-20-21-15(25-9)24-6-5-17-13(22)11-8-18-12(19-14(11)23)10-3-2-4-16-7-10/h2-4,7-8H,5-6H2,1H3,(H,17,22)(H,18,19,23). The van der Waals surface area contributed by atoms with Crippen LogP contribution in [0.15, 0.2) is 39.9 Å². The molecule has 0 aromatic carbocycles. The van der Waals surface area contributed by atoms with Crippen LogP contribution in [0, 0.1) is 6.92 Å². The van der Waals surface area contributed by atoms with Crippen LogP contribution in [-0.2, 0) is 0 Å². The maximum Gasteiger partial charge on any atom is 0.264 e. The zero-order chi connectivity index (χ0) is 17.6. The highest BCUT2D eigenvalue weighted by Crippen LogP contribution is 2.20. The van der Waals surface area contributed by atoms with Crippen LogP contribution in [0.25, 0.3) is 11.4 Å². The molecule has 0 saturated carbocycles. The number of hydrogen-bond acceptors (Lipinski definition) is 8. The molecule has 0 fully saturated rings. The van der Waals surface area contributed by atoms with Crippen molar-refractivity contribution < 1.29 is 4.79 Å². The van der Waals surface area contributed by atoms with Crippen molar-refractivity contribution in [1.29, 1.82) is 0 Å². The number of rotatable bonds is 6. The summed E-state index contributed by atoms with van der Waals surface area (Å²) in [5, 5.41) is 11.5. The van der Waals surface area contributed by atoms with E-state index in [4.69, 9.17) is 0 Å². The van der Waals surface area contributed by atoms with Gasteiger partial charge in [-0.15, -0.1) is 10.2 Å². The van der Waals surface area contributed by atoms with E-state index in [1.165, 1.54) is 29.3 Å². The number of carbonyl (C=O) groups is 1. The quantitative estimate of drug-likeness (QED) is 0.496. The number of aromatic nitrogens is 5. The molecule has 0 bridgehead atoms. The average molecular weight is 374 g/mol. The Bertz CT molecular complexity index is 925. The summed E-state index contributed by atoms with van der Waals surface area (Å²) in [4.78, 5) is 34.9. The molecule has 0 aliphatic heterocycles. The second kappa shape index (κ2) is 7.99. The molecule has 0 atom stereocenters. The van der Waals surface area contributed by atoms with Gasteiger partial charge < -0.3 is 10.3 Å². The summed E-state index contributed by atoms with van der Waals surface area (Å²) >= 11 is 3.01. The zero-order valence-electron chi connectivity index (χ0n) is 13.2. The number of thioether (sulfide) groups is 1. The number of nitrogens with zero attached hydrogens (tertiary/aromatic N) is 4. The Morgan fingerprint density at radius 3 is 2.92 bits per heavy atom. The Balaban J connectivity index is 1.58. The van der Waals surface area contributed by atoms with E-state index in [2.05, 4.69) is 30.5 Å². The summed E-state index contributed by atoms with van der Waals surface area (Å²) in [6.07, 6.45) is 4.49. The van der Waals surface area contributed by atoms with Crippen LogP contribution >= 0.6 is 23.1 Å². The minimum absolute atomic E-state index is 0.0237. The van der Waals surface area contributed by atoms with Crippen molar-refractivity contribution in [3.63, 3.8) is 0 Å². The Kier molecular flexibility index (Phi) is 5.51. The summed E-state index contributed by atoms with van der Waals surface area (Å²) in [6.45, 7) is 2.30. The molecule has 8 nitrogen and oxygen atoms in total. The number of hydrogen-bond donors (Lipinski definition) is 2. The fraction of sp³-hybridized carbons (Fsp3) is 0.200. The molecule has 3 heterocycles. The number of amides is 1. The summed E-state index contributed by atoms with van der Waals surface area (Å²) in [5.41, 5.74) is 0.165. The molecule has 0 radical (unpaired) electrons. The van der Waals surface area contributed by atoms with Gasteiger partial charge in [0.25, 0.3) is 11.5 Å². The summed E-state index contributed by atoms with van der Waals surface area (Å²) in [7, 11) is 0. The highest BCUT2D eigenvalue weighted by Gasteiger charge is 2.12. The molecule has 2 N–H and O–H groups in total. The van der Waals surface area contributed by atoms with E-state index in [-0.39, 0.29) is 5.56 Å². The molecular weight excluding hydrogens is 360 g/mol. The fourth-order valence-electron chi connectivity index (χ4n) is 1.94. The molecule has 25 heavy (non-hydrogen) atoms. The topological polar surface area (TPSA) is 114 Å². The molecular formula is C15H14N6O2S2. The van der Waals surface area contributed by atoms with Gasteiger partial charge in [0.2, 0.25) is 0 Å². The van der Waals surface area contributed by atoms with E-state index in [0.717, 1.165) is 9.35 Å². The van der Waals surface area contributed by atoms with Crippen LogP contribution in [0.1, 0.15) is 15.4 Å². The number of H-pyrrole nitrogens is 1. The molecule has 0 aliphatic rings. The lowest BCUT2D eigenvalue weighted by atomic mass is 10.2. The fourth-order valence-corrected chi connectivity index (χ4v) is 3.68. The average Bonchev–Trinajstić information content (AvgIpc) is 3.04. The molecule has 0 aliphatic carbocycles. The Morgan fingerprint density at radius 2 is 2.24 bits per heavy atom. The van der Waals surface area contributed by atoms with Gasteiger partial charge in [-0.25, -0.2) is 4.98 Å². The summed E-state index contributed by atoms with van der Waals surface area (Å²) < 4.78 is 0.854. The van der Waals surface area contributed by atoms with E-state index in [9.17, 15) is 9.59 Å². The van der Waals surface area contributed by atoms with Crippen LogP contribution in [0.4, 0.5) is 0 Å². The van der Waals surface area contributed by atoms with Crippen molar-refractivity contribution in [2.45, 2.75) is 11.3 Å². The smallest absolute Gasteiger partial charge is 0.264 e. The second-order valence-electron chi connectivity index (χ2n) is 4.91. The van der Waals surface area contributed by atoms with Gasteiger partial charge in [-0.05, 0) is 19.1 Å². The van der Waals surface area contributed by atoms with Crippen LogP contribution in [0.5, 0.6) is 0 Å². The lowest BCUT2D eigenvalue weighted by Gasteiger charge is -2.05. The molecule has 3 aromatic heterocycles. The van der Waals surface area contributed by atoms with E-state index in [1.54, 1.807) is 24.5 Å². The molecule has 1 amide bonds. The van der Waals surface area contributed by atoms with Crippen LogP contribution in [-0.4, -0.2) is 43.4 Å². The van der Waals surface area contributed by atoms with Gasteiger partial charge >= 0.3 is 0 Å². The van der Waals surface area contributed by atoms with E-state index in [0.29, 0.717) is 23.7 Å². The first-order valence-corrected chi connectivity index (χ1v) is 9.14. The minimum atomic E-state index is -0.487. The third-order valence-electron chi connectivity index (χ3n) is 3.10. The van der Waals surface area contributed by atoms with Crippen molar-refractivity contribution in [2.24, 2.45) is 0 Å². The largest absolute Gasteiger partial charge is 0.351 e. The zero-order valence-corrected chi connectivity index (χ0v) is 14.9. The molecule has 0 saturated heterocycles. The lowest BCUT2D eigenvalue weighted by Crippen LogP contribution is -2.31. The Morgan fingerprint density at radius 1 is 1.36 bits per heavy atom. The molecule has 128 valence electrons. The molecule has 3 aromatic rings. The number of aryl methyl sites for hydroxylation is 1. The van der Waals surface area contributed by atoms with Crippen LogP contribution in [0.2, 0.25) is 0 Å². The monoisotopic (exact) mass is 374 g/mol. The van der Waals surface area contributed by atoms with Gasteiger partial charge in [0.15, 0.2) is 4.34 Å². The van der Waals surface area contributed by atoms with Gasteiger partial charge in [0.1, 0.15) is 16.4 Å². The van der Waals surface area contributed by atoms with Gasteiger partial charge in [-0.3, -0.25) is 14.6 Å². The Hall–Kier alpha value is -2.59. The lowest BCUT2D eigenvalue weighted by molar-refractivity contribution is 0.0954. The molecule has 3 rings (SSSR count). The normalized spacial score (nSPS) is 10.6. The predicted molar refractivity (Wildman–Crippen MR) is 95.8 cm³/mol. The van der Waals surface area contributed by atoms with Crippen LogP contribution < -0.4 is 10.9 Å². The van der Waals surface area contributed by atoms with Gasteiger partial charge in [0.05, 0.1) is 0 Å². The maximum atomic E-state index is 12.1. The third-order valence-corrected chi connectivity index (χ3v) is 5.07. The highest BCUT2D eigenvalue weighted by molar-refractivity contribution is 8.01. The first-order valence-electron chi connectivity index (χ1n) is 7.34. The number of carbonyl (C=O) groups excluding carboxylic acids is 1. The van der Waals surface area contributed by atoms with E-state index < -0.39 is 11.5 Å². The van der Waals surface area contributed by atoms with Crippen molar-refractivity contribution in [1.82, 2.24) is 30.5 Å². The molecule has 10 heteroatoms. The first kappa shape index (κ1) is 17.2. The molecule has 0 spiro atoms. The van der Waals surface area contributed by atoms with Gasteiger partial charge in [-0.2, -0.15) is 0 Å². The molecule has 0 unspecified atom stereocenters. The minimum Gasteiger partial charge on any atom is -0.351 e. The van der Waals surface area contributed by atoms with Crippen LogP contribution in [0.3, 0.4) is 0 Å². The van der Waals surface area contributed by atoms with Crippen molar-refractivity contribution in [3.05, 3.63) is 51.6 Å². The number of nitrogens with one attached hydrogen (secondary N) is 2. The van der Waals surface area contributed by atoms with E-state index >= 15 is 0 Å². The highest BCUT2D eigenvalue weighted by atomic mass is 32.2. The van der Waals surface area contributed by atoms with E-state index in [1.807, 2.05) is 6.92 Å². The number of pyridine rings is 1. The van der Waals surface area contributed by atoms with Gasteiger partial charge in [0, 0.05) is 36.5 Å². The number of aromatic amines is 1. The summed E-state index contributed by atoms with van der Waals surface area (Å²) in [5.74, 6) is 0.553. The predicted octanol–water partition coefficient (Wildman–Crippen LogP) is 1.51. The first-order chi connectivity index (χ1) is 12.1. The van der Waals surface area contributed by atoms with Crippen molar-refractivity contribution in [2.75, 3.05) is 12.3 Å².